The molecule has 2 rings (SSSR count). The minimum Gasteiger partial charge on any atom is -0.455 e. The molecule has 27 heavy (non-hydrogen) atoms. The Kier molecular flexibility index (Phi) is 6.92. The maximum absolute atomic E-state index is 12.3. The van der Waals surface area contributed by atoms with Crippen LogP contribution in [0.4, 0.5) is 0 Å². The number of carbonyl (C=O) groups excluding carboxylic acids is 4. The minimum absolute atomic E-state index is 0.0662. The van der Waals surface area contributed by atoms with E-state index in [1.807, 2.05) is 37.3 Å². The van der Waals surface area contributed by atoms with Crippen LogP contribution >= 0.6 is 0 Å². The molecule has 8 heteroatoms. The van der Waals surface area contributed by atoms with Crippen LogP contribution in [-0.4, -0.2) is 67.3 Å². The van der Waals surface area contributed by atoms with E-state index < -0.39 is 24.4 Å². The van der Waals surface area contributed by atoms with Gasteiger partial charge in [0.15, 0.2) is 6.61 Å². The van der Waals surface area contributed by atoms with Crippen LogP contribution in [0.3, 0.4) is 0 Å². The molecule has 0 saturated carbocycles. The Labute approximate surface area is 158 Å². The number of hydrogen-bond donors (Lipinski definition) is 1. The molecular formula is C19H25N3O5. The zero-order chi connectivity index (χ0) is 20.0. The quantitative estimate of drug-likeness (QED) is 0.694. The molecule has 1 aliphatic rings. The van der Waals surface area contributed by atoms with Gasteiger partial charge in [0.25, 0.3) is 5.91 Å². The van der Waals surface area contributed by atoms with Gasteiger partial charge in [-0.2, -0.15) is 0 Å². The predicted molar refractivity (Wildman–Crippen MR) is 97.3 cm³/mol. The Balaban J connectivity index is 1.81. The summed E-state index contributed by atoms with van der Waals surface area (Å²) in [7, 11) is 3.15. The summed E-state index contributed by atoms with van der Waals surface area (Å²) >= 11 is 0. The topological polar surface area (TPSA) is 96.0 Å². The van der Waals surface area contributed by atoms with Gasteiger partial charge in [0.1, 0.15) is 0 Å². The van der Waals surface area contributed by atoms with Gasteiger partial charge >= 0.3 is 5.97 Å². The summed E-state index contributed by atoms with van der Waals surface area (Å²) in [5.74, 6) is -2.12. The lowest BCUT2D eigenvalue weighted by Crippen LogP contribution is -2.38. The Morgan fingerprint density at radius 1 is 1.26 bits per heavy atom. The van der Waals surface area contributed by atoms with Crippen molar-refractivity contribution in [2.24, 2.45) is 5.92 Å². The van der Waals surface area contributed by atoms with Crippen molar-refractivity contribution in [2.75, 3.05) is 33.8 Å². The van der Waals surface area contributed by atoms with Crippen molar-refractivity contribution < 1.29 is 23.9 Å². The third-order valence-corrected chi connectivity index (χ3v) is 4.52. The summed E-state index contributed by atoms with van der Waals surface area (Å²) in [6.07, 6.45) is 0.0662. The number of amides is 3. The van der Waals surface area contributed by atoms with Gasteiger partial charge in [0, 0.05) is 27.1 Å². The van der Waals surface area contributed by atoms with E-state index in [-0.39, 0.29) is 37.4 Å². The van der Waals surface area contributed by atoms with Gasteiger partial charge in [-0.1, -0.05) is 30.3 Å². The van der Waals surface area contributed by atoms with E-state index >= 15 is 0 Å². The molecule has 0 unspecified atom stereocenters. The van der Waals surface area contributed by atoms with Crippen LogP contribution < -0.4 is 5.32 Å². The van der Waals surface area contributed by atoms with Crippen molar-refractivity contribution in [1.82, 2.24) is 15.1 Å². The highest BCUT2D eigenvalue weighted by atomic mass is 16.5. The maximum Gasteiger partial charge on any atom is 0.311 e. The number of ether oxygens (including phenoxy) is 1. The minimum atomic E-state index is -0.597. The van der Waals surface area contributed by atoms with E-state index in [1.54, 1.807) is 19.0 Å². The molecule has 0 aliphatic carbocycles. The van der Waals surface area contributed by atoms with Gasteiger partial charge in [-0.25, -0.2) is 0 Å². The largest absolute Gasteiger partial charge is 0.455 e. The van der Waals surface area contributed by atoms with E-state index in [2.05, 4.69) is 5.32 Å². The molecule has 1 aliphatic heterocycles. The van der Waals surface area contributed by atoms with Crippen molar-refractivity contribution in [3.8, 4) is 0 Å². The fourth-order valence-corrected chi connectivity index (χ4v) is 2.81. The summed E-state index contributed by atoms with van der Waals surface area (Å²) in [4.78, 5) is 50.5. The highest BCUT2D eigenvalue weighted by Gasteiger charge is 2.38. The molecule has 3 amide bonds. The Bertz CT molecular complexity index is 705. The lowest BCUT2D eigenvalue weighted by molar-refractivity contribution is -0.152. The molecule has 1 N–H and O–H groups in total. The highest BCUT2D eigenvalue weighted by Crippen LogP contribution is 2.28. The molecule has 1 saturated heterocycles. The first-order valence-corrected chi connectivity index (χ1v) is 8.77. The van der Waals surface area contributed by atoms with Crippen LogP contribution in [0, 0.1) is 5.92 Å². The number of hydrogen-bond acceptors (Lipinski definition) is 5. The zero-order valence-corrected chi connectivity index (χ0v) is 15.8. The average Bonchev–Trinajstić information content (AvgIpc) is 3.05. The van der Waals surface area contributed by atoms with Gasteiger partial charge < -0.3 is 19.9 Å². The molecule has 1 aromatic carbocycles. The number of likely N-dealkylation sites (tertiary alicyclic amines) is 1. The van der Waals surface area contributed by atoms with Crippen LogP contribution in [0.5, 0.6) is 0 Å². The van der Waals surface area contributed by atoms with Crippen LogP contribution in [0.1, 0.15) is 24.9 Å². The predicted octanol–water partition coefficient (Wildman–Crippen LogP) is 0.344. The average molecular weight is 375 g/mol. The number of rotatable bonds is 7. The molecular weight excluding hydrogens is 350 g/mol. The normalized spacial score (nSPS) is 17.4. The van der Waals surface area contributed by atoms with Gasteiger partial charge in [0.2, 0.25) is 11.8 Å². The van der Waals surface area contributed by atoms with Crippen molar-refractivity contribution in [3.05, 3.63) is 35.9 Å². The fourth-order valence-electron chi connectivity index (χ4n) is 2.81. The summed E-state index contributed by atoms with van der Waals surface area (Å²) in [6, 6.07) is 9.43. The first kappa shape index (κ1) is 20.4. The smallest absolute Gasteiger partial charge is 0.311 e. The van der Waals surface area contributed by atoms with Gasteiger partial charge in [-0.15, -0.1) is 0 Å². The second-order valence-electron chi connectivity index (χ2n) is 6.71. The summed E-state index contributed by atoms with van der Waals surface area (Å²) in [5, 5.41) is 2.38. The van der Waals surface area contributed by atoms with E-state index in [4.69, 9.17) is 4.74 Å². The van der Waals surface area contributed by atoms with Crippen LogP contribution in [-0.2, 0) is 23.9 Å². The SMILES string of the molecule is C[C@H](c1ccccc1)N1C[C@H](C(=O)OCC(=O)NCC(=O)N(C)C)CC1=O. The van der Waals surface area contributed by atoms with Crippen LogP contribution in [0.15, 0.2) is 30.3 Å². The lowest BCUT2D eigenvalue weighted by atomic mass is 10.1. The number of nitrogens with zero attached hydrogens (tertiary/aromatic N) is 2. The second kappa shape index (κ2) is 9.16. The number of benzene rings is 1. The van der Waals surface area contributed by atoms with E-state index in [0.717, 1.165) is 5.56 Å². The number of likely N-dealkylation sites (N-methyl/N-ethyl adjacent to an activating group) is 1. The first-order valence-electron chi connectivity index (χ1n) is 8.77. The molecule has 146 valence electrons. The molecule has 1 fully saturated rings. The molecule has 0 aromatic heterocycles. The maximum atomic E-state index is 12.3. The van der Waals surface area contributed by atoms with Crippen LogP contribution in [0.25, 0.3) is 0 Å². The van der Waals surface area contributed by atoms with Gasteiger partial charge in [-0.3, -0.25) is 19.2 Å². The molecule has 8 nitrogen and oxygen atoms in total. The number of nitrogens with one attached hydrogen (secondary N) is 1. The third kappa shape index (κ3) is 5.54. The van der Waals surface area contributed by atoms with Gasteiger partial charge in [-0.05, 0) is 12.5 Å². The number of esters is 1. The summed E-state index contributed by atoms with van der Waals surface area (Å²) < 4.78 is 5.01. The molecule has 2 atom stereocenters. The van der Waals surface area contributed by atoms with E-state index in [9.17, 15) is 19.2 Å². The molecule has 0 spiro atoms. The summed E-state index contributed by atoms with van der Waals surface area (Å²) in [5.41, 5.74) is 0.991. The fraction of sp³-hybridized carbons (Fsp3) is 0.474. The Morgan fingerprint density at radius 2 is 1.93 bits per heavy atom. The number of carbonyl (C=O) groups is 4. The van der Waals surface area contributed by atoms with E-state index in [1.165, 1.54) is 4.90 Å². The van der Waals surface area contributed by atoms with Crippen molar-refractivity contribution in [3.63, 3.8) is 0 Å². The van der Waals surface area contributed by atoms with Gasteiger partial charge in [0.05, 0.1) is 18.5 Å². The standard InChI is InChI=1S/C19H25N3O5/c1-13(14-7-5-4-6-8-14)22-11-15(9-17(22)24)19(26)27-12-16(23)20-10-18(25)21(2)3/h4-8,13,15H,9-12H2,1-3H3,(H,20,23)/t13-,15-/m1/s1. The zero-order valence-electron chi connectivity index (χ0n) is 15.8. The van der Waals surface area contributed by atoms with E-state index in [0.29, 0.717) is 0 Å². The Morgan fingerprint density at radius 3 is 2.56 bits per heavy atom. The van der Waals surface area contributed by atoms with Crippen molar-refractivity contribution in [1.29, 1.82) is 0 Å². The molecule has 1 heterocycles. The van der Waals surface area contributed by atoms with Crippen LogP contribution in [0.2, 0.25) is 0 Å². The molecule has 0 radical (unpaired) electrons. The second-order valence-corrected chi connectivity index (χ2v) is 6.71. The monoisotopic (exact) mass is 375 g/mol. The summed E-state index contributed by atoms with van der Waals surface area (Å²) in [6.45, 7) is 1.54. The van der Waals surface area contributed by atoms with Crippen molar-refractivity contribution >= 4 is 23.7 Å². The molecule has 0 bridgehead atoms. The lowest BCUT2D eigenvalue weighted by Gasteiger charge is -2.25. The first-order chi connectivity index (χ1) is 12.8. The highest BCUT2D eigenvalue weighted by molar-refractivity contribution is 5.89. The van der Waals surface area contributed by atoms with Crippen molar-refractivity contribution in [2.45, 2.75) is 19.4 Å². The third-order valence-electron chi connectivity index (χ3n) is 4.52. The molecule has 1 aromatic rings. The Hall–Kier alpha value is -2.90.